The minimum Gasteiger partial charge on any atom is -0.391 e. The van der Waals surface area contributed by atoms with Crippen molar-refractivity contribution in [2.45, 2.75) is 43.9 Å². The number of hydrogen-bond donors (Lipinski definition) is 2. The number of aromatic nitrogens is 2. The highest BCUT2D eigenvalue weighted by Crippen LogP contribution is 2.33. The van der Waals surface area contributed by atoms with E-state index >= 15 is 0 Å². The lowest BCUT2D eigenvalue weighted by Gasteiger charge is -2.33. The second-order valence-corrected chi connectivity index (χ2v) is 7.41. The standard InChI is InChI=1S/C21H20F3N3O2/c22-14-5-3-13(4-6-14)11-27-12-15(19-17(27)2-1-9-25-19)20(29)26-16-7-8-21(23,24)10-18(16)28/h1-6,9,12,16,18,28H,7-8,10-11H2,(H,26,29). The van der Waals surface area contributed by atoms with Gasteiger partial charge in [-0.15, -0.1) is 0 Å². The fourth-order valence-electron chi connectivity index (χ4n) is 3.73. The Morgan fingerprint density at radius 3 is 2.76 bits per heavy atom. The summed E-state index contributed by atoms with van der Waals surface area (Å²) >= 11 is 0. The zero-order valence-electron chi connectivity index (χ0n) is 15.5. The van der Waals surface area contributed by atoms with Gasteiger partial charge in [0.2, 0.25) is 0 Å². The van der Waals surface area contributed by atoms with Crippen LogP contribution < -0.4 is 5.32 Å². The summed E-state index contributed by atoms with van der Waals surface area (Å²) in [5, 5.41) is 12.7. The molecule has 0 bridgehead atoms. The average Bonchev–Trinajstić information content (AvgIpc) is 3.04. The van der Waals surface area contributed by atoms with Crippen molar-refractivity contribution < 1.29 is 23.1 Å². The van der Waals surface area contributed by atoms with Gasteiger partial charge in [-0.25, -0.2) is 13.2 Å². The van der Waals surface area contributed by atoms with Gasteiger partial charge in [0.15, 0.2) is 0 Å². The zero-order valence-corrected chi connectivity index (χ0v) is 15.5. The van der Waals surface area contributed by atoms with Crippen molar-refractivity contribution in [2.75, 3.05) is 0 Å². The quantitative estimate of drug-likeness (QED) is 0.701. The number of pyridine rings is 1. The molecule has 8 heteroatoms. The van der Waals surface area contributed by atoms with Gasteiger partial charge in [-0.05, 0) is 36.2 Å². The molecular weight excluding hydrogens is 383 g/mol. The summed E-state index contributed by atoms with van der Waals surface area (Å²) in [5.41, 5.74) is 2.34. The van der Waals surface area contributed by atoms with Gasteiger partial charge in [0.1, 0.15) is 11.3 Å². The molecule has 152 valence electrons. The van der Waals surface area contributed by atoms with E-state index in [4.69, 9.17) is 0 Å². The first-order valence-corrected chi connectivity index (χ1v) is 9.37. The highest BCUT2D eigenvalue weighted by Gasteiger charge is 2.41. The summed E-state index contributed by atoms with van der Waals surface area (Å²) in [6, 6.07) is 8.89. The maximum Gasteiger partial charge on any atom is 0.255 e. The summed E-state index contributed by atoms with van der Waals surface area (Å²) in [7, 11) is 0. The Kier molecular flexibility index (Phi) is 5.04. The molecule has 2 N–H and O–H groups in total. The number of aliphatic hydroxyl groups is 1. The van der Waals surface area contributed by atoms with E-state index < -0.39 is 30.4 Å². The molecular formula is C21H20F3N3O2. The monoisotopic (exact) mass is 403 g/mol. The predicted molar refractivity (Wildman–Crippen MR) is 101 cm³/mol. The van der Waals surface area contributed by atoms with Crippen LogP contribution in [0.25, 0.3) is 11.0 Å². The molecule has 1 fully saturated rings. The van der Waals surface area contributed by atoms with E-state index in [1.807, 2.05) is 10.6 Å². The lowest BCUT2D eigenvalue weighted by Crippen LogP contribution is -2.49. The number of carbonyl (C=O) groups is 1. The Labute approximate surface area is 165 Å². The molecule has 2 heterocycles. The Morgan fingerprint density at radius 2 is 2.03 bits per heavy atom. The van der Waals surface area contributed by atoms with E-state index in [0.717, 1.165) is 11.1 Å². The van der Waals surface area contributed by atoms with Crippen molar-refractivity contribution in [3.05, 3.63) is 65.7 Å². The van der Waals surface area contributed by atoms with E-state index in [-0.39, 0.29) is 18.7 Å². The number of halogens is 3. The van der Waals surface area contributed by atoms with Gasteiger partial charge in [-0.2, -0.15) is 0 Å². The molecule has 0 aliphatic heterocycles. The molecule has 2 unspecified atom stereocenters. The molecule has 5 nitrogen and oxygen atoms in total. The fraction of sp³-hybridized carbons (Fsp3) is 0.333. The van der Waals surface area contributed by atoms with E-state index in [0.29, 0.717) is 17.6 Å². The number of amides is 1. The Morgan fingerprint density at radius 1 is 1.28 bits per heavy atom. The Bertz CT molecular complexity index is 1030. The van der Waals surface area contributed by atoms with Crippen molar-refractivity contribution in [1.82, 2.24) is 14.9 Å². The SMILES string of the molecule is O=C(NC1CCC(F)(F)CC1O)c1cn(Cc2ccc(F)cc2)c2cccnc12. The maximum atomic E-state index is 13.4. The molecule has 1 amide bonds. The second kappa shape index (κ2) is 7.51. The summed E-state index contributed by atoms with van der Waals surface area (Å²) in [5.74, 6) is -3.71. The molecule has 4 rings (SSSR count). The first kappa shape index (κ1) is 19.4. The average molecular weight is 403 g/mol. The van der Waals surface area contributed by atoms with Crippen LogP contribution in [0.4, 0.5) is 13.2 Å². The number of fused-ring (bicyclic) bond motifs is 1. The number of alkyl halides is 2. The topological polar surface area (TPSA) is 67.2 Å². The zero-order chi connectivity index (χ0) is 20.6. The van der Waals surface area contributed by atoms with Gasteiger partial charge < -0.3 is 15.0 Å². The smallest absolute Gasteiger partial charge is 0.255 e. The number of benzene rings is 1. The van der Waals surface area contributed by atoms with E-state index in [1.54, 1.807) is 30.6 Å². The summed E-state index contributed by atoms with van der Waals surface area (Å²) in [4.78, 5) is 17.1. The van der Waals surface area contributed by atoms with E-state index in [9.17, 15) is 23.1 Å². The first-order valence-electron chi connectivity index (χ1n) is 9.37. The van der Waals surface area contributed by atoms with Crippen molar-refractivity contribution >= 4 is 16.9 Å². The van der Waals surface area contributed by atoms with Crippen molar-refractivity contribution in [3.8, 4) is 0 Å². The molecule has 1 aromatic carbocycles. The van der Waals surface area contributed by atoms with Gasteiger partial charge in [0.05, 0.1) is 23.2 Å². The minimum absolute atomic E-state index is 0.00154. The summed E-state index contributed by atoms with van der Waals surface area (Å²) < 4.78 is 41.8. The van der Waals surface area contributed by atoms with Gasteiger partial charge in [0.25, 0.3) is 11.8 Å². The molecule has 1 saturated carbocycles. The van der Waals surface area contributed by atoms with Crippen molar-refractivity contribution in [3.63, 3.8) is 0 Å². The third-order valence-corrected chi connectivity index (χ3v) is 5.26. The highest BCUT2D eigenvalue weighted by atomic mass is 19.3. The number of nitrogens with one attached hydrogen (secondary N) is 1. The number of nitrogens with zero attached hydrogens (tertiary/aromatic N) is 2. The van der Waals surface area contributed by atoms with Crippen LogP contribution >= 0.6 is 0 Å². The fourth-order valence-corrected chi connectivity index (χ4v) is 3.73. The number of rotatable bonds is 4. The molecule has 3 aromatic rings. The molecule has 1 aliphatic rings. The van der Waals surface area contributed by atoms with Crippen molar-refractivity contribution in [1.29, 1.82) is 0 Å². The Balaban J connectivity index is 1.59. The lowest BCUT2D eigenvalue weighted by atomic mass is 9.89. The van der Waals surface area contributed by atoms with E-state index in [1.165, 1.54) is 12.1 Å². The summed E-state index contributed by atoms with van der Waals surface area (Å²) in [6.07, 6.45) is 0.865. The van der Waals surface area contributed by atoms with Crippen molar-refractivity contribution in [2.24, 2.45) is 0 Å². The molecule has 2 aromatic heterocycles. The third-order valence-electron chi connectivity index (χ3n) is 5.26. The van der Waals surface area contributed by atoms with E-state index in [2.05, 4.69) is 10.3 Å². The van der Waals surface area contributed by atoms with Crippen LogP contribution in [-0.2, 0) is 6.54 Å². The number of aliphatic hydroxyl groups excluding tert-OH is 1. The molecule has 29 heavy (non-hydrogen) atoms. The normalized spacial score (nSPS) is 21.2. The third kappa shape index (κ3) is 4.12. The van der Waals surface area contributed by atoms with Crippen LogP contribution in [0.3, 0.4) is 0 Å². The maximum absolute atomic E-state index is 13.4. The van der Waals surface area contributed by atoms with Crippen LogP contribution in [0, 0.1) is 5.82 Å². The number of carbonyl (C=O) groups excluding carboxylic acids is 1. The summed E-state index contributed by atoms with van der Waals surface area (Å²) in [6.45, 7) is 0.411. The van der Waals surface area contributed by atoms with Gasteiger partial charge in [0, 0.05) is 31.8 Å². The molecule has 0 spiro atoms. The lowest BCUT2D eigenvalue weighted by molar-refractivity contribution is -0.0862. The molecule has 0 radical (unpaired) electrons. The second-order valence-electron chi connectivity index (χ2n) is 7.41. The van der Waals surface area contributed by atoms with Crippen LogP contribution in [0.5, 0.6) is 0 Å². The van der Waals surface area contributed by atoms with Gasteiger partial charge in [-0.1, -0.05) is 12.1 Å². The predicted octanol–water partition coefficient (Wildman–Crippen LogP) is 3.50. The Hall–Kier alpha value is -2.87. The van der Waals surface area contributed by atoms with Crippen LogP contribution in [0.2, 0.25) is 0 Å². The van der Waals surface area contributed by atoms with Crippen LogP contribution in [0.1, 0.15) is 35.2 Å². The largest absolute Gasteiger partial charge is 0.391 e. The number of hydrogen-bond acceptors (Lipinski definition) is 3. The molecule has 0 saturated heterocycles. The highest BCUT2D eigenvalue weighted by molar-refractivity contribution is 6.05. The molecule has 1 aliphatic carbocycles. The van der Waals surface area contributed by atoms with Crippen LogP contribution in [-0.4, -0.2) is 38.6 Å². The first-order chi connectivity index (χ1) is 13.8. The molecule has 2 atom stereocenters. The van der Waals surface area contributed by atoms with Gasteiger partial charge >= 0.3 is 0 Å². The van der Waals surface area contributed by atoms with Crippen LogP contribution in [0.15, 0.2) is 48.8 Å². The minimum atomic E-state index is -2.91. The van der Waals surface area contributed by atoms with Gasteiger partial charge in [-0.3, -0.25) is 9.78 Å².